The lowest BCUT2D eigenvalue weighted by molar-refractivity contribution is -0.142. The van der Waals surface area contributed by atoms with Crippen molar-refractivity contribution < 1.29 is 19.2 Å². The van der Waals surface area contributed by atoms with Gasteiger partial charge in [-0.2, -0.15) is 4.98 Å². The Morgan fingerprint density at radius 3 is 3.12 bits per heavy atom. The molecule has 0 saturated heterocycles. The molecule has 0 amide bonds. The van der Waals surface area contributed by atoms with Crippen LogP contribution in [0.5, 0.6) is 0 Å². The molecule has 0 aliphatic heterocycles. The van der Waals surface area contributed by atoms with E-state index in [4.69, 9.17) is 14.4 Å². The standard InChI is InChI=1S/C11H16N2O4/c1-2-16-6-9-12-10(17-13-9)7-4-3-5-8(7)11(14)15/h7-8H,2-6H2,1H3,(H,14,15). The maximum absolute atomic E-state index is 11.0. The molecule has 6 heteroatoms. The van der Waals surface area contributed by atoms with Crippen LogP contribution in [0.3, 0.4) is 0 Å². The van der Waals surface area contributed by atoms with Crippen molar-refractivity contribution in [3.63, 3.8) is 0 Å². The van der Waals surface area contributed by atoms with Crippen molar-refractivity contribution in [3.8, 4) is 0 Å². The van der Waals surface area contributed by atoms with Gasteiger partial charge in [0.1, 0.15) is 6.61 Å². The Kier molecular flexibility index (Phi) is 3.73. The van der Waals surface area contributed by atoms with Crippen LogP contribution < -0.4 is 0 Å². The van der Waals surface area contributed by atoms with Crippen LogP contribution in [0.15, 0.2) is 4.52 Å². The molecule has 1 fully saturated rings. The van der Waals surface area contributed by atoms with E-state index in [1.54, 1.807) is 0 Å². The molecule has 0 bridgehead atoms. The van der Waals surface area contributed by atoms with Gasteiger partial charge in [-0.1, -0.05) is 11.6 Å². The summed E-state index contributed by atoms with van der Waals surface area (Å²) >= 11 is 0. The number of hydrogen-bond donors (Lipinski definition) is 1. The first-order chi connectivity index (χ1) is 8.22. The molecular weight excluding hydrogens is 224 g/mol. The Bertz CT molecular complexity index is 391. The van der Waals surface area contributed by atoms with Crippen LogP contribution in [0.4, 0.5) is 0 Å². The molecule has 1 aliphatic carbocycles. The summed E-state index contributed by atoms with van der Waals surface area (Å²) < 4.78 is 10.3. The molecule has 2 unspecified atom stereocenters. The van der Waals surface area contributed by atoms with E-state index in [2.05, 4.69) is 10.1 Å². The van der Waals surface area contributed by atoms with Gasteiger partial charge >= 0.3 is 5.97 Å². The Balaban J connectivity index is 2.06. The van der Waals surface area contributed by atoms with E-state index in [0.29, 0.717) is 31.3 Å². The van der Waals surface area contributed by atoms with Crippen molar-refractivity contribution in [1.82, 2.24) is 10.1 Å². The quantitative estimate of drug-likeness (QED) is 0.840. The predicted octanol–water partition coefficient (Wildman–Crippen LogP) is 1.57. The summed E-state index contributed by atoms with van der Waals surface area (Å²) in [4.78, 5) is 15.2. The van der Waals surface area contributed by atoms with Crippen LogP contribution in [-0.4, -0.2) is 27.8 Å². The smallest absolute Gasteiger partial charge is 0.307 e. The van der Waals surface area contributed by atoms with E-state index in [9.17, 15) is 4.79 Å². The van der Waals surface area contributed by atoms with Crippen molar-refractivity contribution >= 4 is 5.97 Å². The number of hydrogen-bond acceptors (Lipinski definition) is 5. The molecular formula is C11H16N2O4. The molecule has 1 aromatic heterocycles. The van der Waals surface area contributed by atoms with Crippen molar-refractivity contribution in [2.24, 2.45) is 5.92 Å². The number of carbonyl (C=O) groups is 1. The van der Waals surface area contributed by atoms with E-state index in [1.807, 2.05) is 6.92 Å². The van der Waals surface area contributed by atoms with Crippen LogP contribution in [0.25, 0.3) is 0 Å². The molecule has 2 rings (SSSR count). The fourth-order valence-electron chi connectivity index (χ4n) is 2.22. The SMILES string of the molecule is CCOCc1noc(C2CCCC2C(=O)O)n1. The molecule has 6 nitrogen and oxygen atoms in total. The zero-order valence-corrected chi connectivity index (χ0v) is 9.76. The van der Waals surface area contributed by atoms with Crippen molar-refractivity contribution in [2.75, 3.05) is 6.61 Å². The number of aromatic nitrogens is 2. The molecule has 17 heavy (non-hydrogen) atoms. The van der Waals surface area contributed by atoms with Gasteiger partial charge in [-0.25, -0.2) is 0 Å². The molecule has 0 aromatic carbocycles. The lowest BCUT2D eigenvalue weighted by Gasteiger charge is -2.09. The number of nitrogens with zero attached hydrogens (tertiary/aromatic N) is 2. The van der Waals surface area contributed by atoms with Gasteiger partial charge in [0.05, 0.1) is 11.8 Å². The Hall–Kier alpha value is -1.43. The number of aliphatic carboxylic acids is 1. The van der Waals surface area contributed by atoms with Crippen molar-refractivity contribution in [3.05, 3.63) is 11.7 Å². The molecule has 1 N–H and O–H groups in total. The summed E-state index contributed by atoms with van der Waals surface area (Å²) in [6.07, 6.45) is 2.38. The lowest BCUT2D eigenvalue weighted by Crippen LogP contribution is -2.17. The van der Waals surface area contributed by atoms with Crippen molar-refractivity contribution in [1.29, 1.82) is 0 Å². The second kappa shape index (κ2) is 5.27. The molecule has 1 heterocycles. The highest BCUT2D eigenvalue weighted by Gasteiger charge is 2.37. The molecule has 2 atom stereocenters. The van der Waals surface area contributed by atoms with Crippen molar-refractivity contribution in [2.45, 2.75) is 38.7 Å². The van der Waals surface area contributed by atoms with Gasteiger partial charge in [0.25, 0.3) is 0 Å². The average Bonchev–Trinajstić information content (AvgIpc) is 2.94. The lowest BCUT2D eigenvalue weighted by atomic mass is 9.96. The zero-order chi connectivity index (χ0) is 12.3. The van der Waals surface area contributed by atoms with Gasteiger partial charge in [-0.05, 0) is 19.8 Å². The third kappa shape index (κ3) is 2.63. The summed E-state index contributed by atoms with van der Waals surface area (Å²) in [7, 11) is 0. The normalized spacial score (nSPS) is 24.1. The van der Waals surface area contributed by atoms with E-state index >= 15 is 0 Å². The van der Waals surface area contributed by atoms with Gasteiger partial charge in [-0.3, -0.25) is 4.79 Å². The third-order valence-corrected chi connectivity index (χ3v) is 3.07. The minimum absolute atomic E-state index is 0.143. The van der Waals surface area contributed by atoms with Crippen LogP contribution in [0.1, 0.15) is 43.8 Å². The maximum atomic E-state index is 11.0. The Morgan fingerprint density at radius 1 is 1.59 bits per heavy atom. The molecule has 0 spiro atoms. The molecule has 94 valence electrons. The predicted molar refractivity (Wildman–Crippen MR) is 57.3 cm³/mol. The van der Waals surface area contributed by atoms with Gasteiger partial charge < -0.3 is 14.4 Å². The van der Waals surface area contributed by atoms with Gasteiger partial charge in [-0.15, -0.1) is 0 Å². The molecule has 1 aliphatic rings. The zero-order valence-electron chi connectivity index (χ0n) is 9.76. The van der Waals surface area contributed by atoms with Crippen LogP contribution in [-0.2, 0) is 16.1 Å². The fraction of sp³-hybridized carbons (Fsp3) is 0.727. The van der Waals surface area contributed by atoms with E-state index in [1.165, 1.54) is 0 Å². The topological polar surface area (TPSA) is 85.5 Å². The van der Waals surface area contributed by atoms with Crippen LogP contribution >= 0.6 is 0 Å². The fourth-order valence-corrected chi connectivity index (χ4v) is 2.22. The average molecular weight is 240 g/mol. The highest BCUT2D eigenvalue weighted by Crippen LogP contribution is 2.38. The van der Waals surface area contributed by atoms with Gasteiger partial charge in [0.15, 0.2) is 5.82 Å². The third-order valence-electron chi connectivity index (χ3n) is 3.07. The minimum atomic E-state index is -0.781. The number of carboxylic acid groups (broad SMARTS) is 1. The maximum Gasteiger partial charge on any atom is 0.307 e. The van der Waals surface area contributed by atoms with Crippen LogP contribution in [0, 0.1) is 5.92 Å². The van der Waals surface area contributed by atoms with E-state index < -0.39 is 11.9 Å². The largest absolute Gasteiger partial charge is 0.481 e. The number of ether oxygens (including phenoxy) is 1. The monoisotopic (exact) mass is 240 g/mol. The summed E-state index contributed by atoms with van der Waals surface area (Å²) in [6.45, 7) is 2.79. The number of carboxylic acids is 1. The number of rotatable bonds is 5. The highest BCUT2D eigenvalue weighted by atomic mass is 16.5. The van der Waals surface area contributed by atoms with Crippen LogP contribution in [0.2, 0.25) is 0 Å². The summed E-state index contributed by atoms with van der Waals surface area (Å²) in [5.41, 5.74) is 0. The second-order valence-electron chi connectivity index (χ2n) is 4.17. The molecule has 1 saturated carbocycles. The minimum Gasteiger partial charge on any atom is -0.481 e. The molecule has 0 radical (unpaired) electrons. The van der Waals surface area contributed by atoms with E-state index in [0.717, 1.165) is 12.8 Å². The first kappa shape index (κ1) is 12.0. The van der Waals surface area contributed by atoms with Gasteiger partial charge in [0, 0.05) is 6.61 Å². The first-order valence-electron chi connectivity index (χ1n) is 5.85. The van der Waals surface area contributed by atoms with Gasteiger partial charge in [0.2, 0.25) is 5.89 Å². The summed E-state index contributed by atoms with van der Waals surface area (Å²) in [6, 6.07) is 0. The first-order valence-corrected chi connectivity index (χ1v) is 5.85. The summed E-state index contributed by atoms with van der Waals surface area (Å²) in [5, 5.41) is 12.9. The Morgan fingerprint density at radius 2 is 2.41 bits per heavy atom. The summed E-state index contributed by atoms with van der Waals surface area (Å²) in [5.74, 6) is -0.398. The highest BCUT2D eigenvalue weighted by molar-refractivity contribution is 5.71. The molecule has 1 aromatic rings. The van der Waals surface area contributed by atoms with E-state index in [-0.39, 0.29) is 5.92 Å². The second-order valence-corrected chi connectivity index (χ2v) is 4.17. The Labute approximate surface area is 99.0 Å².